The summed E-state index contributed by atoms with van der Waals surface area (Å²) in [5, 5.41) is 2.96. The van der Waals surface area contributed by atoms with Crippen LogP contribution in [0.2, 0.25) is 0 Å². The van der Waals surface area contributed by atoms with Crippen molar-refractivity contribution in [1.29, 1.82) is 0 Å². The molecule has 1 amide bonds. The molecule has 1 heterocycles. The first kappa shape index (κ1) is 14.3. The van der Waals surface area contributed by atoms with Crippen LogP contribution in [0.25, 0.3) is 0 Å². The summed E-state index contributed by atoms with van der Waals surface area (Å²) in [6.07, 6.45) is 3.66. The molecule has 2 rings (SSSR count). The molecule has 0 radical (unpaired) electrons. The first-order chi connectivity index (χ1) is 9.76. The number of aryl methyl sites for hydroxylation is 1. The number of ether oxygens (including phenoxy) is 1. The van der Waals surface area contributed by atoms with Crippen LogP contribution >= 0.6 is 0 Å². The number of nitrogens with one attached hydrogen (secondary N) is 1. The molecule has 1 aromatic heterocycles. The Morgan fingerprint density at radius 3 is 2.80 bits per heavy atom. The molecule has 1 unspecified atom stereocenters. The topological polar surface area (TPSA) is 56.2 Å². The van der Waals surface area contributed by atoms with E-state index in [0.29, 0.717) is 0 Å². The number of imidazole rings is 1. The normalized spacial score (nSPS) is 12.1. The van der Waals surface area contributed by atoms with Gasteiger partial charge in [0.2, 0.25) is 5.91 Å². The van der Waals surface area contributed by atoms with Crippen molar-refractivity contribution in [3.8, 4) is 0 Å². The Kier molecular flexibility index (Phi) is 4.90. The molecule has 106 valence electrons. The molecule has 1 atom stereocenters. The number of amides is 1. The number of carbonyl (C=O) groups is 1. The van der Waals surface area contributed by atoms with Crippen LogP contribution in [0.1, 0.15) is 24.4 Å². The van der Waals surface area contributed by atoms with E-state index in [1.54, 1.807) is 6.20 Å². The maximum atomic E-state index is 11.8. The smallest absolute Gasteiger partial charge is 0.246 e. The lowest BCUT2D eigenvalue weighted by Crippen LogP contribution is -2.33. The van der Waals surface area contributed by atoms with E-state index in [1.165, 1.54) is 7.11 Å². The van der Waals surface area contributed by atoms with E-state index in [2.05, 4.69) is 10.3 Å². The fourth-order valence-electron chi connectivity index (χ4n) is 2.12. The summed E-state index contributed by atoms with van der Waals surface area (Å²) in [4.78, 5) is 16.2. The first-order valence-corrected chi connectivity index (χ1v) is 6.60. The van der Waals surface area contributed by atoms with Crippen LogP contribution in [0.15, 0.2) is 42.7 Å². The summed E-state index contributed by atoms with van der Waals surface area (Å²) in [5.41, 5.74) is 0.998. The number of aromatic nitrogens is 2. The van der Waals surface area contributed by atoms with Gasteiger partial charge in [0.05, 0.1) is 0 Å². The summed E-state index contributed by atoms with van der Waals surface area (Å²) in [7, 11) is 1.50. The summed E-state index contributed by atoms with van der Waals surface area (Å²) in [6.45, 7) is 2.89. The maximum absolute atomic E-state index is 11.8. The van der Waals surface area contributed by atoms with Gasteiger partial charge < -0.3 is 14.6 Å². The van der Waals surface area contributed by atoms with Gasteiger partial charge in [-0.15, -0.1) is 0 Å². The Morgan fingerprint density at radius 2 is 2.15 bits per heavy atom. The number of hydrogen-bond donors (Lipinski definition) is 1. The molecule has 0 fully saturated rings. The fourth-order valence-corrected chi connectivity index (χ4v) is 2.12. The van der Waals surface area contributed by atoms with Crippen LogP contribution in [0.3, 0.4) is 0 Å². The average molecular weight is 273 g/mol. The van der Waals surface area contributed by atoms with Crippen LogP contribution in [0.5, 0.6) is 0 Å². The van der Waals surface area contributed by atoms with Crippen molar-refractivity contribution in [2.45, 2.75) is 19.5 Å². The molecule has 2 aromatic rings. The lowest BCUT2D eigenvalue weighted by Gasteiger charge is -2.19. The van der Waals surface area contributed by atoms with Crippen molar-refractivity contribution in [3.63, 3.8) is 0 Å². The average Bonchev–Trinajstić information content (AvgIpc) is 2.94. The van der Waals surface area contributed by atoms with Gasteiger partial charge in [-0.05, 0) is 12.5 Å². The summed E-state index contributed by atoms with van der Waals surface area (Å²) >= 11 is 0. The van der Waals surface area contributed by atoms with E-state index in [0.717, 1.165) is 17.9 Å². The molecule has 1 N–H and O–H groups in total. The minimum Gasteiger partial charge on any atom is -0.375 e. The zero-order valence-corrected chi connectivity index (χ0v) is 11.7. The van der Waals surface area contributed by atoms with Crippen molar-refractivity contribution >= 4 is 5.91 Å². The van der Waals surface area contributed by atoms with Gasteiger partial charge in [0.15, 0.2) is 0 Å². The monoisotopic (exact) mass is 273 g/mol. The lowest BCUT2D eigenvalue weighted by molar-refractivity contribution is -0.125. The lowest BCUT2D eigenvalue weighted by atomic mass is 10.1. The van der Waals surface area contributed by atoms with Crippen molar-refractivity contribution in [2.75, 3.05) is 13.7 Å². The van der Waals surface area contributed by atoms with Crippen LogP contribution in [-0.4, -0.2) is 29.2 Å². The number of methoxy groups -OCH3 is 1. The quantitative estimate of drug-likeness (QED) is 0.872. The molecule has 0 spiro atoms. The highest BCUT2D eigenvalue weighted by Gasteiger charge is 2.20. The van der Waals surface area contributed by atoms with E-state index in [4.69, 9.17) is 4.74 Å². The van der Waals surface area contributed by atoms with E-state index < -0.39 is 0 Å². The second-order valence-electron chi connectivity index (χ2n) is 4.42. The van der Waals surface area contributed by atoms with Crippen LogP contribution in [-0.2, 0) is 16.1 Å². The molecule has 5 nitrogen and oxygen atoms in total. The van der Waals surface area contributed by atoms with Gasteiger partial charge in [-0.2, -0.15) is 0 Å². The predicted octanol–water partition coefficient (Wildman–Crippen LogP) is 1.75. The highest BCUT2D eigenvalue weighted by molar-refractivity contribution is 5.78. The van der Waals surface area contributed by atoms with Gasteiger partial charge >= 0.3 is 0 Å². The van der Waals surface area contributed by atoms with E-state index >= 15 is 0 Å². The van der Waals surface area contributed by atoms with Crippen molar-refractivity contribution in [1.82, 2.24) is 14.9 Å². The molecular formula is C15H19N3O2. The largest absolute Gasteiger partial charge is 0.375 e. The maximum Gasteiger partial charge on any atom is 0.246 e. The van der Waals surface area contributed by atoms with Crippen LogP contribution in [0, 0.1) is 0 Å². The fraction of sp³-hybridized carbons (Fsp3) is 0.333. The predicted molar refractivity (Wildman–Crippen MR) is 76.2 cm³/mol. The minimum absolute atomic E-state index is 0.0379. The second-order valence-corrected chi connectivity index (χ2v) is 4.42. The third kappa shape index (κ3) is 3.24. The summed E-state index contributed by atoms with van der Waals surface area (Å²) in [5.74, 6) is 0.662. The Morgan fingerprint density at radius 1 is 1.40 bits per heavy atom. The highest BCUT2D eigenvalue weighted by Crippen LogP contribution is 2.20. The number of carbonyl (C=O) groups excluding carboxylic acids is 1. The summed E-state index contributed by atoms with van der Waals surface area (Å²) in [6, 6.07) is 9.53. The van der Waals surface area contributed by atoms with Crippen molar-refractivity contribution < 1.29 is 9.53 Å². The Labute approximate surface area is 118 Å². The van der Waals surface area contributed by atoms with Crippen molar-refractivity contribution in [3.05, 3.63) is 54.1 Å². The van der Waals surface area contributed by atoms with Gasteiger partial charge in [0.1, 0.15) is 18.5 Å². The third-order valence-corrected chi connectivity index (χ3v) is 3.06. The number of hydrogen-bond acceptors (Lipinski definition) is 3. The second kappa shape index (κ2) is 6.86. The van der Waals surface area contributed by atoms with Gasteiger partial charge in [-0.25, -0.2) is 4.98 Å². The Hall–Kier alpha value is -2.14. The zero-order valence-electron chi connectivity index (χ0n) is 11.7. The SMILES string of the molecule is CCn1ccnc1C(NC(=O)COC)c1ccccc1. The molecule has 0 saturated heterocycles. The van der Waals surface area contributed by atoms with E-state index in [1.807, 2.05) is 48.0 Å². The van der Waals surface area contributed by atoms with Crippen molar-refractivity contribution in [2.24, 2.45) is 0 Å². The number of nitrogens with zero attached hydrogens (tertiary/aromatic N) is 2. The molecule has 5 heteroatoms. The third-order valence-electron chi connectivity index (χ3n) is 3.06. The number of rotatable bonds is 6. The Bertz CT molecular complexity index is 551. The standard InChI is InChI=1S/C15H19N3O2/c1-3-18-10-9-16-15(18)14(17-13(19)11-20-2)12-7-5-4-6-8-12/h4-10,14H,3,11H2,1-2H3,(H,17,19). The highest BCUT2D eigenvalue weighted by atomic mass is 16.5. The van der Waals surface area contributed by atoms with Crippen LogP contribution < -0.4 is 5.32 Å². The van der Waals surface area contributed by atoms with Gasteiger partial charge in [-0.3, -0.25) is 4.79 Å². The number of benzene rings is 1. The Balaban J connectivity index is 2.32. The summed E-state index contributed by atoms with van der Waals surface area (Å²) < 4.78 is 6.89. The first-order valence-electron chi connectivity index (χ1n) is 6.60. The molecule has 20 heavy (non-hydrogen) atoms. The molecule has 0 aliphatic carbocycles. The van der Waals surface area contributed by atoms with Gasteiger partial charge in [0.25, 0.3) is 0 Å². The van der Waals surface area contributed by atoms with Gasteiger partial charge in [-0.1, -0.05) is 30.3 Å². The molecule has 0 bridgehead atoms. The minimum atomic E-state index is -0.270. The molecule has 0 aliphatic heterocycles. The molecule has 0 aliphatic rings. The van der Waals surface area contributed by atoms with Crippen LogP contribution in [0.4, 0.5) is 0 Å². The van der Waals surface area contributed by atoms with E-state index in [-0.39, 0.29) is 18.6 Å². The van der Waals surface area contributed by atoms with E-state index in [9.17, 15) is 4.79 Å². The van der Waals surface area contributed by atoms with Gasteiger partial charge in [0, 0.05) is 26.0 Å². The molecule has 0 saturated carbocycles. The zero-order chi connectivity index (χ0) is 14.4. The molecular weight excluding hydrogens is 254 g/mol. The molecule has 1 aromatic carbocycles.